The topological polar surface area (TPSA) is 55.2 Å². The minimum atomic E-state index is -0.332. The Labute approximate surface area is 102 Å². The third-order valence-electron chi connectivity index (χ3n) is 3.35. The van der Waals surface area contributed by atoms with Gasteiger partial charge in [0.15, 0.2) is 0 Å². The first-order chi connectivity index (χ1) is 7.91. The second-order valence-corrected chi connectivity index (χ2v) is 4.67. The molecule has 0 aliphatic carbocycles. The summed E-state index contributed by atoms with van der Waals surface area (Å²) >= 11 is 0. The van der Waals surface area contributed by atoms with Gasteiger partial charge in [-0.3, -0.25) is 10.1 Å². The van der Waals surface area contributed by atoms with E-state index in [9.17, 15) is 10.1 Å². The van der Waals surface area contributed by atoms with Crippen molar-refractivity contribution in [3.05, 3.63) is 33.9 Å². The maximum atomic E-state index is 11.0. The third-order valence-corrected chi connectivity index (χ3v) is 3.35. The SMILES string of the molecule is CCC(C)(CC)Nc1ccc(C)cc1[N+](=O)[O-]. The van der Waals surface area contributed by atoms with Crippen LogP contribution in [0.4, 0.5) is 11.4 Å². The Kier molecular flexibility index (Phi) is 4.10. The molecule has 0 fully saturated rings. The zero-order valence-corrected chi connectivity index (χ0v) is 10.9. The van der Waals surface area contributed by atoms with Crippen molar-refractivity contribution in [1.82, 2.24) is 0 Å². The minimum absolute atomic E-state index is 0.0972. The fourth-order valence-corrected chi connectivity index (χ4v) is 1.65. The molecule has 1 rings (SSSR count). The van der Waals surface area contributed by atoms with Gasteiger partial charge in [-0.1, -0.05) is 19.9 Å². The van der Waals surface area contributed by atoms with Crippen molar-refractivity contribution in [3.63, 3.8) is 0 Å². The monoisotopic (exact) mass is 236 g/mol. The first kappa shape index (κ1) is 13.5. The highest BCUT2D eigenvalue weighted by Gasteiger charge is 2.23. The Morgan fingerprint density at radius 2 is 1.94 bits per heavy atom. The molecule has 17 heavy (non-hydrogen) atoms. The van der Waals surface area contributed by atoms with Gasteiger partial charge in [-0.25, -0.2) is 0 Å². The van der Waals surface area contributed by atoms with Crippen LogP contribution in [0.15, 0.2) is 18.2 Å². The molecule has 0 atom stereocenters. The van der Waals surface area contributed by atoms with Gasteiger partial charge >= 0.3 is 0 Å². The van der Waals surface area contributed by atoms with Crippen molar-refractivity contribution in [2.24, 2.45) is 0 Å². The molecule has 0 saturated carbocycles. The molecule has 0 saturated heterocycles. The lowest BCUT2D eigenvalue weighted by molar-refractivity contribution is -0.384. The molecule has 0 unspecified atom stereocenters. The van der Waals surface area contributed by atoms with Crippen molar-refractivity contribution in [2.45, 2.75) is 46.1 Å². The number of hydrogen-bond acceptors (Lipinski definition) is 3. The van der Waals surface area contributed by atoms with E-state index in [1.807, 2.05) is 13.0 Å². The quantitative estimate of drug-likeness (QED) is 0.623. The average molecular weight is 236 g/mol. The van der Waals surface area contributed by atoms with E-state index >= 15 is 0 Å². The molecule has 1 aromatic carbocycles. The summed E-state index contributed by atoms with van der Waals surface area (Å²) in [7, 11) is 0. The molecular weight excluding hydrogens is 216 g/mol. The molecule has 0 aliphatic heterocycles. The van der Waals surface area contributed by atoms with E-state index in [4.69, 9.17) is 0 Å². The van der Waals surface area contributed by atoms with E-state index in [2.05, 4.69) is 26.1 Å². The predicted molar refractivity (Wildman–Crippen MR) is 70.4 cm³/mol. The van der Waals surface area contributed by atoms with Crippen LogP contribution in [0.1, 0.15) is 39.2 Å². The van der Waals surface area contributed by atoms with Crippen molar-refractivity contribution >= 4 is 11.4 Å². The second-order valence-electron chi connectivity index (χ2n) is 4.67. The molecule has 0 aliphatic rings. The number of rotatable bonds is 5. The molecule has 0 heterocycles. The van der Waals surface area contributed by atoms with E-state index in [0.29, 0.717) is 5.69 Å². The van der Waals surface area contributed by atoms with Crippen LogP contribution in [0.2, 0.25) is 0 Å². The number of nitrogens with zero attached hydrogens (tertiary/aromatic N) is 1. The van der Waals surface area contributed by atoms with Gasteiger partial charge in [0, 0.05) is 11.6 Å². The van der Waals surface area contributed by atoms with Gasteiger partial charge in [0.05, 0.1) is 4.92 Å². The lowest BCUT2D eigenvalue weighted by Gasteiger charge is -2.29. The number of hydrogen-bond donors (Lipinski definition) is 1. The molecule has 0 aromatic heterocycles. The molecule has 94 valence electrons. The zero-order chi connectivity index (χ0) is 13.1. The van der Waals surface area contributed by atoms with Gasteiger partial charge in [-0.15, -0.1) is 0 Å². The largest absolute Gasteiger partial charge is 0.374 e. The highest BCUT2D eigenvalue weighted by Crippen LogP contribution is 2.30. The van der Waals surface area contributed by atoms with Crippen LogP contribution in [0.5, 0.6) is 0 Å². The van der Waals surface area contributed by atoms with Crippen LogP contribution >= 0.6 is 0 Å². The van der Waals surface area contributed by atoms with E-state index in [-0.39, 0.29) is 16.1 Å². The Hall–Kier alpha value is -1.58. The van der Waals surface area contributed by atoms with Crippen LogP contribution in [-0.4, -0.2) is 10.5 Å². The highest BCUT2D eigenvalue weighted by molar-refractivity contribution is 5.63. The fraction of sp³-hybridized carbons (Fsp3) is 0.538. The van der Waals surface area contributed by atoms with E-state index in [0.717, 1.165) is 18.4 Å². The molecule has 1 aromatic rings. The lowest BCUT2D eigenvalue weighted by Crippen LogP contribution is -2.33. The lowest BCUT2D eigenvalue weighted by atomic mass is 9.95. The van der Waals surface area contributed by atoms with Crippen molar-refractivity contribution in [2.75, 3.05) is 5.32 Å². The average Bonchev–Trinajstić information content (AvgIpc) is 2.31. The zero-order valence-electron chi connectivity index (χ0n) is 10.9. The summed E-state index contributed by atoms with van der Waals surface area (Å²) in [6, 6.07) is 5.28. The smallest absolute Gasteiger partial charge is 0.292 e. The molecule has 0 spiro atoms. The number of benzene rings is 1. The Morgan fingerprint density at radius 1 is 1.35 bits per heavy atom. The van der Waals surface area contributed by atoms with Gasteiger partial charge in [-0.2, -0.15) is 0 Å². The standard InChI is InChI=1S/C13H20N2O2/c1-5-13(4,6-2)14-11-8-7-10(3)9-12(11)15(16)17/h7-9,14H,5-6H2,1-4H3. The number of aryl methyl sites for hydroxylation is 1. The van der Waals surface area contributed by atoms with Gasteiger partial charge in [-0.05, 0) is 38.3 Å². The summed E-state index contributed by atoms with van der Waals surface area (Å²) < 4.78 is 0. The number of nitrogens with one attached hydrogen (secondary N) is 1. The maximum Gasteiger partial charge on any atom is 0.292 e. The van der Waals surface area contributed by atoms with Crippen LogP contribution < -0.4 is 5.32 Å². The van der Waals surface area contributed by atoms with Crippen LogP contribution in [0.3, 0.4) is 0 Å². The van der Waals surface area contributed by atoms with Crippen molar-refractivity contribution < 1.29 is 4.92 Å². The summed E-state index contributed by atoms with van der Waals surface area (Å²) in [6.45, 7) is 8.10. The first-order valence-electron chi connectivity index (χ1n) is 5.95. The van der Waals surface area contributed by atoms with Crippen LogP contribution in [0, 0.1) is 17.0 Å². The van der Waals surface area contributed by atoms with Crippen LogP contribution in [0.25, 0.3) is 0 Å². The molecule has 0 amide bonds. The van der Waals surface area contributed by atoms with Gasteiger partial charge in [0.2, 0.25) is 0 Å². The van der Waals surface area contributed by atoms with Gasteiger partial charge < -0.3 is 5.32 Å². The Balaban J connectivity index is 3.10. The minimum Gasteiger partial charge on any atom is -0.374 e. The number of nitro benzene ring substituents is 1. The summed E-state index contributed by atoms with van der Waals surface area (Å²) in [5.41, 5.74) is 1.56. The number of anilines is 1. The Morgan fingerprint density at radius 3 is 2.41 bits per heavy atom. The predicted octanol–water partition coefficient (Wildman–Crippen LogP) is 3.89. The molecule has 4 nitrogen and oxygen atoms in total. The fourth-order valence-electron chi connectivity index (χ4n) is 1.65. The first-order valence-corrected chi connectivity index (χ1v) is 5.95. The molecule has 4 heteroatoms. The summed E-state index contributed by atoms with van der Waals surface area (Å²) in [4.78, 5) is 10.7. The van der Waals surface area contributed by atoms with Crippen LogP contribution in [-0.2, 0) is 0 Å². The van der Waals surface area contributed by atoms with Gasteiger partial charge in [0.25, 0.3) is 5.69 Å². The Bertz CT molecular complexity index is 412. The summed E-state index contributed by atoms with van der Waals surface area (Å²) in [5.74, 6) is 0. The van der Waals surface area contributed by atoms with E-state index < -0.39 is 0 Å². The molecule has 0 radical (unpaired) electrons. The molecule has 0 bridgehead atoms. The summed E-state index contributed by atoms with van der Waals surface area (Å²) in [6.07, 6.45) is 1.85. The van der Waals surface area contributed by atoms with Crippen molar-refractivity contribution in [1.29, 1.82) is 0 Å². The summed E-state index contributed by atoms with van der Waals surface area (Å²) in [5, 5.41) is 14.3. The second kappa shape index (κ2) is 5.17. The van der Waals surface area contributed by atoms with Gasteiger partial charge in [0.1, 0.15) is 5.69 Å². The normalized spacial score (nSPS) is 11.3. The van der Waals surface area contributed by atoms with E-state index in [1.54, 1.807) is 12.1 Å². The maximum absolute atomic E-state index is 11.0. The molecule has 1 N–H and O–H groups in total. The number of nitro groups is 1. The van der Waals surface area contributed by atoms with E-state index in [1.165, 1.54) is 0 Å². The van der Waals surface area contributed by atoms with Crippen molar-refractivity contribution in [3.8, 4) is 0 Å². The third kappa shape index (κ3) is 3.19. The highest BCUT2D eigenvalue weighted by atomic mass is 16.6. The molecular formula is C13H20N2O2.